The second kappa shape index (κ2) is 7.03. The van der Waals surface area contributed by atoms with Gasteiger partial charge in [-0.25, -0.2) is 4.79 Å². The van der Waals surface area contributed by atoms with E-state index in [0.717, 1.165) is 0 Å². The molecule has 8 heteroatoms. The van der Waals surface area contributed by atoms with E-state index in [1.165, 1.54) is 31.3 Å². The minimum absolute atomic E-state index is 0.0849. The molecule has 2 rings (SSSR count). The molecular formula is C15H14N4O4. The molecule has 0 saturated heterocycles. The van der Waals surface area contributed by atoms with E-state index in [1.54, 1.807) is 24.3 Å². The Labute approximate surface area is 131 Å². The third-order valence-corrected chi connectivity index (χ3v) is 2.95. The number of hydrogen-bond acceptors (Lipinski definition) is 4. The van der Waals surface area contributed by atoms with Gasteiger partial charge in [0.25, 0.3) is 11.6 Å². The highest BCUT2D eigenvalue weighted by Gasteiger charge is 2.10. The zero-order valence-corrected chi connectivity index (χ0v) is 12.2. The number of nitro benzene ring substituents is 1. The van der Waals surface area contributed by atoms with Crippen LogP contribution in [0.3, 0.4) is 0 Å². The van der Waals surface area contributed by atoms with Crippen molar-refractivity contribution in [1.82, 2.24) is 5.32 Å². The Bertz CT molecular complexity index is 743. The number of nitrogens with zero attached hydrogens (tertiary/aromatic N) is 1. The van der Waals surface area contributed by atoms with E-state index in [1.807, 2.05) is 0 Å². The van der Waals surface area contributed by atoms with E-state index in [4.69, 9.17) is 0 Å². The van der Waals surface area contributed by atoms with Crippen LogP contribution in [-0.4, -0.2) is 23.9 Å². The molecule has 0 aliphatic carbocycles. The van der Waals surface area contributed by atoms with E-state index in [2.05, 4.69) is 16.0 Å². The minimum Gasteiger partial charge on any atom is -0.341 e. The number of hydrogen-bond donors (Lipinski definition) is 3. The first-order valence-electron chi connectivity index (χ1n) is 6.64. The Morgan fingerprint density at radius 2 is 1.61 bits per heavy atom. The number of non-ortho nitro benzene ring substituents is 1. The van der Waals surface area contributed by atoms with Crippen molar-refractivity contribution < 1.29 is 14.5 Å². The van der Waals surface area contributed by atoms with E-state index >= 15 is 0 Å². The van der Waals surface area contributed by atoms with Crippen molar-refractivity contribution in [2.24, 2.45) is 0 Å². The maximum absolute atomic E-state index is 12.1. The maximum atomic E-state index is 12.1. The van der Waals surface area contributed by atoms with Crippen LogP contribution in [0, 0.1) is 10.1 Å². The molecule has 0 bridgehead atoms. The van der Waals surface area contributed by atoms with E-state index in [0.29, 0.717) is 16.9 Å². The molecule has 0 saturated carbocycles. The SMILES string of the molecule is CNC(=O)Nc1cccc(NC(=O)c2ccc([N+](=O)[O-])cc2)c1. The zero-order valence-electron chi connectivity index (χ0n) is 12.2. The summed E-state index contributed by atoms with van der Waals surface area (Å²) in [5, 5.41) is 18.3. The second-order valence-electron chi connectivity index (χ2n) is 4.54. The predicted octanol–water partition coefficient (Wildman–Crippen LogP) is 2.60. The summed E-state index contributed by atoms with van der Waals surface area (Å²) in [6, 6.07) is 11.5. The maximum Gasteiger partial charge on any atom is 0.318 e. The Hall–Kier alpha value is -3.42. The van der Waals surface area contributed by atoms with Gasteiger partial charge in [0.05, 0.1) is 4.92 Å². The normalized spacial score (nSPS) is 9.78. The molecule has 2 aromatic carbocycles. The number of benzene rings is 2. The Morgan fingerprint density at radius 1 is 1.00 bits per heavy atom. The lowest BCUT2D eigenvalue weighted by Crippen LogP contribution is -2.24. The van der Waals surface area contributed by atoms with E-state index in [9.17, 15) is 19.7 Å². The summed E-state index contributed by atoms with van der Waals surface area (Å²) in [7, 11) is 1.50. The van der Waals surface area contributed by atoms with Crippen LogP contribution in [0.25, 0.3) is 0 Å². The molecule has 2 aromatic rings. The van der Waals surface area contributed by atoms with Gasteiger partial charge in [-0.05, 0) is 30.3 Å². The van der Waals surface area contributed by atoms with Gasteiger partial charge in [0.1, 0.15) is 0 Å². The lowest BCUT2D eigenvalue weighted by Gasteiger charge is -2.08. The van der Waals surface area contributed by atoms with Gasteiger partial charge in [0.15, 0.2) is 0 Å². The number of urea groups is 1. The summed E-state index contributed by atoms with van der Waals surface area (Å²) >= 11 is 0. The van der Waals surface area contributed by atoms with Gasteiger partial charge in [0, 0.05) is 36.1 Å². The molecule has 0 aliphatic rings. The molecule has 0 radical (unpaired) electrons. The number of carbonyl (C=O) groups excluding carboxylic acids is 2. The van der Waals surface area contributed by atoms with Crippen molar-refractivity contribution in [3.63, 3.8) is 0 Å². The third-order valence-electron chi connectivity index (χ3n) is 2.95. The summed E-state index contributed by atoms with van der Waals surface area (Å²) in [4.78, 5) is 33.4. The standard InChI is InChI=1S/C15H14N4O4/c1-16-15(21)18-12-4-2-3-11(9-12)17-14(20)10-5-7-13(8-6-10)19(22)23/h2-9H,1H3,(H,17,20)(H2,16,18,21). The van der Waals surface area contributed by atoms with Gasteiger partial charge in [-0.1, -0.05) is 6.07 Å². The van der Waals surface area contributed by atoms with Crippen molar-refractivity contribution in [1.29, 1.82) is 0 Å². The molecule has 3 N–H and O–H groups in total. The van der Waals surface area contributed by atoms with Gasteiger partial charge in [-0.2, -0.15) is 0 Å². The first-order chi connectivity index (χ1) is 11.0. The molecule has 3 amide bonds. The summed E-state index contributed by atoms with van der Waals surface area (Å²) < 4.78 is 0. The van der Waals surface area contributed by atoms with Crippen molar-refractivity contribution in [3.8, 4) is 0 Å². The molecule has 0 heterocycles. The highest BCUT2D eigenvalue weighted by atomic mass is 16.6. The molecule has 0 aromatic heterocycles. The lowest BCUT2D eigenvalue weighted by atomic mass is 10.2. The fraction of sp³-hybridized carbons (Fsp3) is 0.0667. The lowest BCUT2D eigenvalue weighted by molar-refractivity contribution is -0.384. The molecular weight excluding hydrogens is 300 g/mol. The van der Waals surface area contributed by atoms with Gasteiger partial charge in [-0.15, -0.1) is 0 Å². The molecule has 118 valence electrons. The number of carbonyl (C=O) groups is 2. The molecule has 0 aliphatic heterocycles. The van der Waals surface area contributed by atoms with Crippen LogP contribution in [-0.2, 0) is 0 Å². The zero-order chi connectivity index (χ0) is 16.8. The third kappa shape index (κ3) is 4.27. The molecule has 0 atom stereocenters. The number of amides is 3. The van der Waals surface area contributed by atoms with Crippen LogP contribution in [0.15, 0.2) is 48.5 Å². The fourth-order valence-electron chi connectivity index (χ4n) is 1.81. The number of anilines is 2. The van der Waals surface area contributed by atoms with E-state index < -0.39 is 10.8 Å². The molecule has 0 fully saturated rings. The highest BCUT2D eigenvalue weighted by Crippen LogP contribution is 2.17. The first-order valence-corrected chi connectivity index (χ1v) is 6.64. The summed E-state index contributed by atoms with van der Waals surface area (Å²) in [6.45, 7) is 0. The predicted molar refractivity (Wildman–Crippen MR) is 85.6 cm³/mol. The van der Waals surface area contributed by atoms with Crippen molar-refractivity contribution in [3.05, 3.63) is 64.2 Å². The van der Waals surface area contributed by atoms with Gasteiger partial charge >= 0.3 is 6.03 Å². The van der Waals surface area contributed by atoms with Crippen LogP contribution in [0.2, 0.25) is 0 Å². The molecule has 8 nitrogen and oxygen atoms in total. The number of nitrogens with one attached hydrogen (secondary N) is 3. The number of rotatable bonds is 4. The second-order valence-corrected chi connectivity index (χ2v) is 4.54. The van der Waals surface area contributed by atoms with Gasteiger partial charge in [-0.3, -0.25) is 14.9 Å². The fourth-order valence-corrected chi connectivity index (χ4v) is 1.81. The van der Waals surface area contributed by atoms with Gasteiger partial charge < -0.3 is 16.0 Å². The highest BCUT2D eigenvalue weighted by molar-refractivity contribution is 6.04. The first kappa shape index (κ1) is 16.0. The van der Waals surface area contributed by atoms with Crippen molar-refractivity contribution in [2.75, 3.05) is 17.7 Å². The molecule has 23 heavy (non-hydrogen) atoms. The summed E-state index contributed by atoms with van der Waals surface area (Å²) in [5.74, 6) is -0.406. The quantitative estimate of drug-likeness (QED) is 0.594. The Kier molecular flexibility index (Phi) is 4.88. The van der Waals surface area contributed by atoms with Crippen LogP contribution >= 0.6 is 0 Å². The minimum atomic E-state index is -0.532. The van der Waals surface area contributed by atoms with Crippen LogP contribution < -0.4 is 16.0 Å². The van der Waals surface area contributed by atoms with Crippen LogP contribution in [0.4, 0.5) is 21.9 Å². The van der Waals surface area contributed by atoms with Crippen LogP contribution in [0.1, 0.15) is 10.4 Å². The Morgan fingerprint density at radius 3 is 2.17 bits per heavy atom. The smallest absolute Gasteiger partial charge is 0.318 e. The molecule has 0 unspecified atom stereocenters. The average molecular weight is 314 g/mol. The summed E-state index contributed by atoms with van der Waals surface area (Å²) in [6.07, 6.45) is 0. The number of nitro groups is 1. The topological polar surface area (TPSA) is 113 Å². The van der Waals surface area contributed by atoms with Gasteiger partial charge in [0.2, 0.25) is 0 Å². The van der Waals surface area contributed by atoms with E-state index in [-0.39, 0.29) is 11.7 Å². The molecule has 0 spiro atoms. The summed E-state index contributed by atoms with van der Waals surface area (Å²) in [5.41, 5.74) is 1.21. The monoisotopic (exact) mass is 314 g/mol. The van der Waals surface area contributed by atoms with Crippen molar-refractivity contribution in [2.45, 2.75) is 0 Å². The Balaban J connectivity index is 2.09. The van der Waals surface area contributed by atoms with Crippen LogP contribution in [0.5, 0.6) is 0 Å². The largest absolute Gasteiger partial charge is 0.341 e. The average Bonchev–Trinajstić information content (AvgIpc) is 2.55. The van der Waals surface area contributed by atoms with Crippen molar-refractivity contribution >= 4 is 29.0 Å².